The van der Waals surface area contributed by atoms with Gasteiger partial charge in [0.15, 0.2) is 0 Å². The molecule has 0 saturated carbocycles. The van der Waals surface area contributed by atoms with Gasteiger partial charge in [-0.1, -0.05) is 12.1 Å². The second kappa shape index (κ2) is 5.08. The third-order valence-corrected chi connectivity index (χ3v) is 2.84. The summed E-state index contributed by atoms with van der Waals surface area (Å²) < 4.78 is 12.9. The summed E-state index contributed by atoms with van der Waals surface area (Å²) in [5, 5.41) is 8.87. The number of carboxylic acids is 1. The molecule has 0 spiro atoms. The van der Waals surface area contributed by atoms with E-state index < -0.39 is 12.1 Å². The fourth-order valence-corrected chi connectivity index (χ4v) is 1.92. The van der Waals surface area contributed by atoms with Crippen molar-refractivity contribution in [2.24, 2.45) is 4.99 Å². The molecule has 0 aromatic heterocycles. The van der Waals surface area contributed by atoms with Gasteiger partial charge in [-0.05, 0) is 30.5 Å². The molecule has 0 saturated heterocycles. The number of aromatic carboxylic acids is 1. The maximum absolute atomic E-state index is 12.9. The monoisotopic (exact) mass is 235 g/mol. The molecule has 90 valence electrons. The second-order valence-electron chi connectivity index (χ2n) is 4.23. The first-order valence-electron chi connectivity index (χ1n) is 5.63. The van der Waals surface area contributed by atoms with Gasteiger partial charge >= 0.3 is 5.97 Å². The number of hydrogen-bond donors (Lipinski definition) is 1. The maximum atomic E-state index is 12.9. The highest BCUT2D eigenvalue weighted by atomic mass is 19.1. The van der Waals surface area contributed by atoms with Crippen LogP contribution < -0.4 is 0 Å². The van der Waals surface area contributed by atoms with Crippen molar-refractivity contribution in [1.82, 2.24) is 0 Å². The molecular weight excluding hydrogens is 221 g/mol. The van der Waals surface area contributed by atoms with Gasteiger partial charge in [0.25, 0.3) is 0 Å². The molecule has 3 nitrogen and oxygen atoms in total. The largest absolute Gasteiger partial charge is 0.478 e. The van der Waals surface area contributed by atoms with Crippen molar-refractivity contribution in [3.05, 3.63) is 35.4 Å². The Morgan fingerprint density at radius 1 is 1.53 bits per heavy atom. The van der Waals surface area contributed by atoms with Crippen LogP contribution in [0.3, 0.4) is 0 Å². The minimum Gasteiger partial charge on any atom is -0.478 e. The molecule has 4 heteroatoms. The Bertz CT molecular complexity index is 456. The van der Waals surface area contributed by atoms with Gasteiger partial charge in [0.2, 0.25) is 0 Å². The lowest BCUT2D eigenvalue weighted by molar-refractivity contribution is 0.0697. The highest BCUT2D eigenvalue weighted by Crippen LogP contribution is 2.14. The summed E-state index contributed by atoms with van der Waals surface area (Å²) in [5.74, 6) is -0.929. The lowest BCUT2D eigenvalue weighted by atomic mass is 10.00. The number of rotatable bonds is 3. The molecule has 1 aliphatic heterocycles. The number of alkyl halides is 1. The molecule has 1 aliphatic rings. The first-order chi connectivity index (χ1) is 8.15. The van der Waals surface area contributed by atoms with Gasteiger partial charge < -0.3 is 5.11 Å². The van der Waals surface area contributed by atoms with Crippen LogP contribution in [0.5, 0.6) is 0 Å². The van der Waals surface area contributed by atoms with Crippen LogP contribution in [-0.2, 0) is 6.42 Å². The molecule has 0 fully saturated rings. The van der Waals surface area contributed by atoms with Crippen molar-refractivity contribution >= 4 is 11.7 Å². The Balaban J connectivity index is 2.08. The number of aliphatic imine (C=N–C) groups is 1. The lowest BCUT2D eigenvalue weighted by Crippen LogP contribution is -2.18. The minimum atomic E-state index is -0.929. The average Bonchev–Trinajstić information content (AvgIpc) is 2.32. The van der Waals surface area contributed by atoms with Crippen molar-refractivity contribution in [3.8, 4) is 0 Å². The summed E-state index contributed by atoms with van der Waals surface area (Å²) in [6, 6.07) is 6.80. The zero-order valence-electron chi connectivity index (χ0n) is 9.40. The normalized spacial score (nSPS) is 19.8. The number of hydrogen-bond acceptors (Lipinski definition) is 2. The summed E-state index contributed by atoms with van der Waals surface area (Å²) in [4.78, 5) is 15.0. The fraction of sp³-hybridized carbons (Fsp3) is 0.385. The van der Waals surface area contributed by atoms with Crippen molar-refractivity contribution in [2.45, 2.75) is 25.4 Å². The molecule has 1 heterocycles. The van der Waals surface area contributed by atoms with Gasteiger partial charge in [-0.2, -0.15) is 0 Å². The van der Waals surface area contributed by atoms with Crippen LogP contribution in [0.2, 0.25) is 0 Å². The molecule has 0 aliphatic carbocycles. The number of carboxylic acid groups (broad SMARTS) is 1. The highest BCUT2D eigenvalue weighted by Gasteiger charge is 2.14. The molecule has 0 bridgehead atoms. The van der Waals surface area contributed by atoms with Crippen LogP contribution in [0.4, 0.5) is 4.39 Å². The Morgan fingerprint density at radius 3 is 3.00 bits per heavy atom. The van der Waals surface area contributed by atoms with Crippen LogP contribution in [-0.4, -0.2) is 29.5 Å². The van der Waals surface area contributed by atoms with Gasteiger partial charge in [0.1, 0.15) is 6.17 Å². The molecule has 1 unspecified atom stereocenters. The topological polar surface area (TPSA) is 49.7 Å². The predicted octanol–water partition coefficient (Wildman–Crippen LogP) is 2.50. The number of benzene rings is 1. The number of carbonyl (C=O) groups is 1. The van der Waals surface area contributed by atoms with E-state index in [-0.39, 0.29) is 12.1 Å². The molecular formula is C13H14FNO2. The van der Waals surface area contributed by atoms with Gasteiger partial charge in [-0.3, -0.25) is 4.99 Å². The van der Waals surface area contributed by atoms with Crippen molar-refractivity contribution in [1.29, 1.82) is 0 Å². The van der Waals surface area contributed by atoms with Crippen molar-refractivity contribution in [3.63, 3.8) is 0 Å². The van der Waals surface area contributed by atoms with E-state index in [1.807, 2.05) is 6.07 Å². The van der Waals surface area contributed by atoms with E-state index in [2.05, 4.69) is 4.99 Å². The van der Waals surface area contributed by atoms with Crippen LogP contribution in [0, 0.1) is 0 Å². The Hall–Kier alpha value is -1.71. The zero-order chi connectivity index (χ0) is 12.3. The first-order valence-corrected chi connectivity index (χ1v) is 5.63. The van der Waals surface area contributed by atoms with Gasteiger partial charge in [0, 0.05) is 12.1 Å². The smallest absolute Gasteiger partial charge is 0.335 e. The molecule has 17 heavy (non-hydrogen) atoms. The summed E-state index contributed by atoms with van der Waals surface area (Å²) in [5.41, 5.74) is 2.16. The summed E-state index contributed by atoms with van der Waals surface area (Å²) >= 11 is 0. The third-order valence-electron chi connectivity index (χ3n) is 2.84. The summed E-state index contributed by atoms with van der Waals surface area (Å²) in [6.45, 7) is 0.244. The summed E-state index contributed by atoms with van der Waals surface area (Å²) in [6.07, 6.45) is 0.994. The molecule has 1 aromatic rings. The number of nitrogens with zero attached hydrogens (tertiary/aromatic N) is 1. The van der Waals surface area contributed by atoms with Gasteiger partial charge in [-0.25, -0.2) is 9.18 Å². The molecule has 1 atom stereocenters. The van der Waals surface area contributed by atoms with Crippen LogP contribution in [0.25, 0.3) is 0 Å². The van der Waals surface area contributed by atoms with E-state index >= 15 is 0 Å². The standard InChI is InChI=1S/C13H14FNO2/c14-11-4-5-12(15-8-11)7-9-2-1-3-10(6-9)13(16)17/h1-3,6,11H,4-5,7-8H2,(H,16,17). The SMILES string of the molecule is O=C(O)c1cccc(CC2=NCC(F)CC2)c1. The van der Waals surface area contributed by atoms with E-state index in [9.17, 15) is 9.18 Å². The van der Waals surface area contributed by atoms with Crippen molar-refractivity contribution in [2.75, 3.05) is 6.54 Å². The molecule has 2 rings (SSSR count). The first kappa shape index (κ1) is 11.8. The van der Waals surface area contributed by atoms with Crippen LogP contribution >= 0.6 is 0 Å². The van der Waals surface area contributed by atoms with E-state index in [1.54, 1.807) is 18.2 Å². The lowest BCUT2D eigenvalue weighted by Gasteiger charge is -2.15. The maximum Gasteiger partial charge on any atom is 0.335 e. The third kappa shape index (κ3) is 3.12. The van der Waals surface area contributed by atoms with E-state index in [0.29, 0.717) is 19.3 Å². The van der Waals surface area contributed by atoms with E-state index in [4.69, 9.17) is 5.11 Å². The average molecular weight is 235 g/mol. The van der Waals surface area contributed by atoms with Crippen LogP contribution in [0.15, 0.2) is 29.3 Å². The van der Waals surface area contributed by atoms with Crippen LogP contribution in [0.1, 0.15) is 28.8 Å². The molecule has 1 N–H and O–H groups in total. The Kier molecular flexibility index (Phi) is 3.52. The highest BCUT2D eigenvalue weighted by molar-refractivity contribution is 5.90. The number of halogens is 1. The molecule has 0 amide bonds. The summed E-state index contributed by atoms with van der Waals surface area (Å²) in [7, 11) is 0. The van der Waals surface area contributed by atoms with Crippen molar-refractivity contribution < 1.29 is 14.3 Å². The van der Waals surface area contributed by atoms with E-state index in [1.165, 1.54) is 0 Å². The quantitative estimate of drug-likeness (QED) is 0.875. The van der Waals surface area contributed by atoms with Gasteiger partial charge in [-0.15, -0.1) is 0 Å². The van der Waals surface area contributed by atoms with E-state index in [0.717, 1.165) is 11.3 Å². The molecule has 0 radical (unpaired) electrons. The molecule has 1 aromatic carbocycles. The van der Waals surface area contributed by atoms with Gasteiger partial charge in [0.05, 0.1) is 12.1 Å². The zero-order valence-corrected chi connectivity index (χ0v) is 9.40. The Morgan fingerprint density at radius 2 is 2.35 bits per heavy atom. The predicted molar refractivity (Wildman–Crippen MR) is 63.5 cm³/mol. The Labute approximate surface area is 99.0 Å². The second-order valence-corrected chi connectivity index (χ2v) is 4.23. The minimum absolute atomic E-state index is 0.244. The fourth-order valence-electron chi connectivity index (χ4n) is 1.92.